The van der Waals surface area contributed by atoms with E-state index in [1.807, 2.05) is 0 Å². The van der Waals surface area contributed by atoms with Crippen molar-refractivity contribution < 1.29 is 19.1 Å². The van der Waals surface area contributed by atoms with E-state index in [1.165, 1.54) is 4.90 Å². The van der Waals surface area contributed by atoms with Gasteiger partial charge in [0, 0.05) is 26.9 Å². The maximum Gasteiger partial charge on any atom is 0.325 e. The van der Waals surface area contributed by atoms with Gasteiger partial charge in [0.25, 0.3) is 5.91 Å². The Morgan fingerprint density at radius 1 is 1.24 bits per heavy atom. The van der Waals surface area contributed by atoms with Crippen LogP contribution in [0.15, 0.2) is 0 Å². The van der Waals surface area contributed by atoms with E-state index in [0.717, 1.165) is 6.42 Å². The first-order valence-corrected chi connectivity index (χ1v) is 5.70. The Kier molecular flexibility index (Phi) is 4.89. The molecule has 1 rings (SSSR count). The second-order valence-electron chi connectivity index (χ2n) is 4.43. The summed E-state index contributed by atoms with van der Waals surface area (Å²) in [6.45, 7) is 5.54. The van der Waals surface area contributed by atoms with Crippen molar-refractivity contribution in [3.05, 3.63) is 0 Å². The van der Waals surface area contributed by atoms with Crippen LogP contribution in [0.1, 0.15) is 20.3 Å². The normalized spacial score (nSPS) is 18.6. The number of hydrogen-bond donors (Lipinski definition) is 1. The molecule has 1 aliphatic heterocycles. The van der Waals surface area contributed by atoms with Gasteiger partial charge in [-0.3, -0.25) is 10.1 Å². The lowest BCUT2D eigenvalue weighted by Gasteiger charge is -2.27. The first-order valence-electron chi connectivity index (χ1n) is 5.70. The van der Waals surface area contributed by atoms with Crippen LogP contribution in [-0.2, 0) is 14.3 Å². The molecule has 1 aliphatic rings. The molecule has 3 amide bonds. The molecule has 0 radical (unpaired) electrons. The monoisotopic (exact) mass is 244 g/mol. The van der Waals surface area contributed by atoms with Gasteiger partial charge in [0.05, 0.1) is 6.61 Å². The zero-order chi connectivity index (χ0) is 12.9. The minimum Gasteiger partial charge on any atom is -0.385 e. The molecular weight excluding hydrogens is 224 g/mol. The fourth-order valence-electron chi connectivity index (χ4n) is 1.64. The highest BCUT2D eigenvalue weighted by molar-refractivity contribution is 6.06. The minimum atomic E-state index is -0.785. The third-order valence-corrected chi connectivity index (χ3v) is 2.79. The Hall–Kier alpha value is -1.14. The molecule has 98 valence electrons. The molecule has 0 aliphatic carbocycles. The highest BCUT2D eigenvalue weighted by atomic mass is 16.5. The first-order chi connectivity index (χ1) is 8.00. The van der Waals surface area contributed by atoms with Gasteiger partial charge in [-0.25, -0.2) is 4.79 Å². The lowest BCUT2D eigenvalue weighted by Crippen LogP contribution is -2.45. The smallest absolute Gasteiger partial charge is 0.325 e. The Balaban J connectivity index is 2.27. The summed E-state index contributed by atoms with van der Waals surface area (Å²) in [5.74, 6) is -0.262. The molecule has 17 heavy (non-hydrogen) atoms. The average Bonchev–Trinajstić information content (AvgIpc) is 2.45. The highest BCUT2D eigenvalue weighted by Crippen LogP contribution is 2.19. The Morgan fingerprint density at radius 3 is 2.47 bits per heavy atom. The van der Waals surface area contributed by atoms with Crippen molar-refractivity contribution in [2.75, 3.05) is 33.5 Å². The van der Waals surface area contributed by atoms with Crippen molar-refractivity contribution in [3.8, 4) is 0 Å². The van der Waals surface area contributed by atoms with Gasteiger partial charge in [0.1, 0.15) is 5.54 Å². The summed E-state index contributed by atoms with van der Waals surface area (Å²) in [5.41, 5.74) is -0.785. The van der Waals surface area contributed by atoms with E-state index >= 15 is 0 Å². The third-order valence-electron chi connectivity index (χ3n) is 2.79. The topological polar surface area (TPSA) is 67.9 Å². The first kappa shape index (κ1) is 13.9. The van der Waals surface area contributed by atoms with E-state index in [0.29, 0.717) is 26.4 Å². The fourth-order valence-corrected chi connectivity index (χ4v) is 1.64. The summed E-state index contributed by atoms with van der Waals surface area (Å²) in [7, 11) is 1.64. The lowest BCUT2D eigenvalue weighted by atomic mass is 10.1. The number of urea groups is 1. The fraction of sp³-hybridized carbons (Fsp3) is 0.818. The second kappa shape index (κ2) is 5.97. The summed E-state index contributed by atoms with van der Waals surface area (Å²) < 4.78 is 10.2. The number of hydrogen-bond acceptors (Lipinski definition) is 4. The maximum atomic E-state index is 11.5. The van der Waals surface area contributed by atoms with E-state index in [-0.39, 0.29) is 11.9 Å². The predicted molar refractivity (Wildman–Crippen MR) is 61.6 cm³/mol. The molecule has 0 aromatic carbocycles. The van der Waals surface area contributed by atoms with Crippen molar-refractivity contribution in [1.82, 2.24) is 10.2 Å². The van der Waals surface area contributed by atoms with Crippen molar-refractivity contribution in [3.63, 3.8) is 0 Å². The van der Waals surface area contributed by atoms with Gasteiger partial charge in [0.15, 0.2) is 0 Å². The van der Waals surface area contributed by atoms with Crippen LogP contribution < -0.4 is 5.32 Å². The van der Waals surface area contributed by atoms with Crippen LogP contribution >= 0.6 is 0 Å². The summed E-state index contributed by atoms with van der Waals surface area (Å²) >= 11 is 0. The molecule has 0 saturated carbocycles. The van der Waals surface area contributed by atoms with Crippen LogP contribution in [0, 0.1) is 0 Å². The van der Waals surface area contributed by atoms with E-state index in [1.54, 1.807) is 21.0 Å². The standard InChI is InChI=1S/C11H20N2O4/c1-11(2)9(14)12-10(15)13(11)5-8-17-7-4-6-16-3/h4-8H2,1-3H3,(H,12,14,15). The number of nitrogens with zero attached hydrogens (tertiary/aromatic N) is 1. The van der Waals surface area contributed by atoms with E-state index < -0.39 is 5.54 Å². The quantitative estimate of drug-likeness (QED) is 0.519. The number of nitrogens with one attached hydrogen (secondary N) is 1. The summed E-state index contributed by atoms with van der Waals surface area (Å²) in [5, 5.41) is 2.29. The molecule has 0 unspecified atom stereocenters. The lowest BCUT2D eigenvalue weighted by molar-refractivity contribution is -0.125. The van der Waals surface area contributed by atoms with Crippen molar-refractivity contribution in [2.24, 2.45) is 0 Å². The number of carbonyl (C=O) groups excluding carboxylic acids is 2. The van der Waals surface area contributed by atoms with Crippen LogP contribution in [0.5, 0.6) is 0 Å². The summed E-state index contributed by atoms with van der Waals surface area (Å²) in [6, 6.07) is -0.347. The second-order valence-corrected chi connectivity index (χ2v) is 4.43. The van der Waals surface area contributed by atoms with Crippen LogP contribution in [0.25, 0.3) is 0 Å². The zero-order valence-electron chi connectivity index (χ0n) is 10.6. The molecule has 1 fully saturated rings. The molecule has 1 saturated heterocycles. The average molecular weight is 244 g/mol. The SMILES string of the molecule is COCCCOCCN1C(=O)NC(=O)C1(C)C. The highest BCUT2D eigenvalue weighted by Gasteiger charge is 2.44. The van der Waals surface area contributed by atoms with Gasteiger partial charge < -0.3 is 14.4 Å². The Bertz CT molecular complexity index is 291. The zero-order valence-corrected chi connectivity index (χ0v) is 10.6. The Morgan fingerprint density at radius 2 is 1.94 bits per heavy atom. The molecule has 1 N–H and O–H groups in total. The predicted octanol–water partition coefficient (Wildman–Crippen LogP) is 0.370. The van der Waals surface area contributed by atoms with Gasteiger partial charge in [-0.2, -0.15) is 0 Å². The van der Waals surface area contributed by atoms with Crippen LogP contribution in [-0.4, -0.2) is 55.9 Å². The summed E-state index contributed by atoms with van der Waals surface area (Å²) in [4.78, 5) is 24.4. The van der Waals surface area contributed by atoms with Gasteiger partial charge in [0.2, 0.25) is 0 Å². The number of amides is 3. The van der Waals surface area contributed by atoms with E-state index in [4.69, 9.17) is 9.47 Å². The molecule has 0 bridgehead atoms. The van der Waals surface area contributed by atoms with Gasteiger partial charge in [-0.1, -0.05) is 0 Å². The minimum absolute atomic E-state index is 0.262. The number of methoxy groups -OCH3 is 1. The van der Waals surface area contributed by atoms with Crippen LogP contribution in [0.2, 0.25) is 0 Å². The van der Waals surface area contributed by atoms with Gasteiger partial charge in [-0.15, -0.1) is 0 Å². The number of rotatable bonds is 7. The van der Waals surface area contributed by atoms with Crippen molar-refractivity contribution >= 4 is 11.9 Å². The molecule has 0 aromatic rings. The third kappa shape index (κ3) is 3.41. The molecule has 6 nitrogen and oxygen atoms in total. The van der Waals surface area contributed by atoms with Crippen LogP contribution in [0.3, 0.4) is 0 Å². The number of carbonyl (C=O) groups is 2. The maximum absolute atomic E-state index is 11.5. The molecule has 6 heteroatoms. The Labute approximate surface area is 101 Å². The molecule has 0 spiro atoms. The number of ether oxygens (including phenoxy) is 2. The molecule has 1 heterocycles. The molecule has 0 atom stereocenters. The summed E-state index contributed by atoms with van der Waals surface area (Å²) in [6.07, 6.45) is 0.824. The molecule has 0 aromatic heterocycles. The largest absolute Gasteiger partial charge is 0.385 e. The molecular formula is C11H20N2O4. The van der Waals surface area contributed by atoms with Gasteiger partial charge >= 0.3 is 6.03 Å². The van der Waals surface area contributed by atoms with Crippen LogP contribution in [0.4, 0.5) is 4.79 Å². The van der Waals surface area contributed by atoms with Crippen molar-refractivity contribution in [2.45, 2.75) is 25.8 Å². The number of imide groups is 1. The van der Waals surface area contributed by atoms with Crippen molar-refractivity contribution in [1.29, 1.82) is 0 Å². The van der Waals surface area contributed by atoms with E-state index in [9.17, 15) is 9.59 Å². The van der Waals surface area contributed by atoms with E-state index in [2.05, 4.69) is 5.32 Å². The van der Waals surface area contributed by atoms with Gasteiger partial charge in [-0.05, 0) is 20.3 Å².